The summed E-state index contributed by atoms with van der Waals surface area (Å²) < 4.78 is 0. The first kappa shape index (κ1) is 14.0. The number of aromatic carboxylic acids is 1. The average molecular weight is 291 g/mol. The molecule has 0 unspecified atom stereocenters. The van der Waals surface area contributed by atoms with Crippen LogP contribution in [0.2, 0.25) is 5.02 Å². The Hall–Kier alpha value is -2.40. The Morgan fingerprint density at radius 3 is 2.55 bits per heavy atom. The molecule has 0 aliphatic heterocycles. The lowest BCUT2D eigenvalue weighted by Gasteiger charge is -2.07. The first-order valence-electron chi connectivity index (χ1n) is 5.74. The van der Waals surface area contributed by atoms with Gasteiger partial charge in [0.1, 0.15) is 5.82 Å². The zero-order valence-electron chi connectivity index (χ0n) is 10.6. The highest BCUT2D eigenvalue weighted by Crippen LogP contribution is 2.16. The number of aryl methyl sites for hydroxylation is 1. The third kappa shape index (κ3) is 3.13. The Kier molecular flexibility index (Phi) is 4.00. The molecule has 1 aromatic heterocycles. The highest BCUT2D eigenvalue weighted by atomic mass is 35.5. The lowest BCUT2D eigenvalue weighted by molar-refractivity contribution is 0.0696. The molecule has 2 rings (SSSR count). The van der Waals surface area contributed by atoms with Crippen molar-refractivity contribution in [2.75, 3.05) is 5.32 Å². The van der Waals surface area contributed by atoms with E-state index in [2.05, 4.69) is 10.3 Å². The molecule has 1 aromatic carbocycles. The lowest BCUT2D eigenvalue weighted by atomic mass is 10.1. The van der Waals surface area contributed by atoms with Crippen molar-refractivity contribution in [1.29, 1.82) is 0 Å². The van der Waals surface area contributed by atoms with Gasteiger partial charge in [0, 0.05) is 16.8 Å². The Balaban J connectivity index is 2.17. The van der Waals surface area contributed by atoms with Crippen LogP contribution in [0.25, 0.3) is 0 Å². The highest BCUT2D eigenvalue weighted by molar-refractivity contribution is 6.30. The van der Waals surface area contributed by atoms with Gasteiger partial charge in [0.15, 0.2) is 0 Å². The van der Waals surface area contributed by atoms with Crippen LogP contribution in [0.1, 0.15) is 26.3 Å². The summed E-state index contributed by atoms with van der Waals surface area (Å²) in [6.07, 6.45) is 1.19. The van der Waals surface area contributed by atoms with Gasteiger partial charge in [-0.2, -0.15) is 0 Å². The molecule has 1 heterocycles. The fourth-order valence-electron chi connectivity index (χ4n) is 1.66. The van der Waals surface area contributed by atoms with Crippen molar-refractivity contribution >= 4 is 29.3 Å². The number of carboxylic acids is 1. The molecule has 2 N–H and O–H groups in total. The van der Waals surface area contributed by atoms with Crippen LogP contribution in [-0.4, -0.2) is 22.0 Å². The number of rotatable bonds is 3. The maximum absolute atomic E-state index is 12.1. The third-order valence-corrected chi connectivity index (χ3v) is 2.92. The minimum Gasteiger partial charge on any atom is -0.478 e. The number of carbonyl (C=O) groups is 2. The van der Waals surface area contributed by atoms with Crippen LogP contribution < -0.4 is 5.32 Å². The van der Waals surface area contributed by atoms with Crippen LogP contribution in [0.4, 0.5) is 5.82 Å². The maximum atomic E-state index is 12.1. The molecule has 20 heavy (non-hydrogen) atoms. The van der Waals surface area contributed by atoms with Crippen LogP contribution in [0.15, 0.2) is 36.5 Å². The molecule has 0 fully saturated rings. The van der Waals surface area contributed by atoms with Crippen LogP contribution in [-0.2, 0) is 0 Å². The van der Waals surface area contributed by atoms with Crippen molar-refractivity contribution in [2.24, 2.45) is 0 Å². The number of nitrogens with one attached hydrogen (secondary N) is 1. The van der Waals surface area contributed by atoms with Crippen molar-refractivity contribution in [3.63, 3.8) is 0 Å². The quantitative estimate of drug-likeness (QED) is 0.911. The van der Waals surface area contributed by atoms with E-state index < -0.39 is 5.97 Å². The smallest absolute Gasteiger partial charge is 0.337 e. The van der Waals surface area contributed by atoms with E-state index in [0.717, 1.165) is 5.56 Å². The Labute approximate surface area is 120 Å². The molecule has 6 heteroatoms. The summed E-state index contributed by atoms with van der Waals surface area (Å²) in [4.78, 5) is 26.6. The van der Waals surface area contributed by atoms with E-state index >= 15 is 0 Å². The molecule has 0 aliphatic rings. The molecular formula is C14H11ClN2O3. The molecule has 0 aliphatic carbocycles. The summed E-state index contributed by atoms with van der Waals surface area (Å²) in [5.74, 6) is -1.10. The minimum atomic E-state index is -1.07. The van der Waals surface area contributed by atoms with Crippen molar-refractivity contribution in [2.45, 2.75) is 6.92 Å². The first-order chi connectivity index (χ1) is 9.47. The van der Waals surface area contributed by atoms with Crippen LogP contribution >= 0.6 is 11.6 Å². The number of aromatic nitrogens is 1. The number of hydrogen-bond acceptors (Lipinski definition) is 3. The number of carboxylic acid groups (broad SMARTS) is 1. The van der Waals surface area contributed by atoms with Crippen LogP contribution in [0, 0.1) is 6.92 Å². The number of halogens is 1. The van der Waals surface area contributed by atoms with E-state index in [0.29, 0.717) is 10.6 Å². The molecule has 5 nitrogen and oxygen atoms in total. The Morgan fingerprint density at radius 2 is 2.00 bits per heavy atom. The summed E-state index contributed by atoms with van der Waals surface area (Å²) in [7, 11) is 0. The molecule has 0 atom stereocenters. The number of carbonyl (C=O) groups excluding carboxylic acids is 1. The number of nitrogens with zero attached hydrogens (tertiary/aromatic N) is 1. The van der Waals surface area contributed by atoms with Gasteiger partial charge in [-0.3, -0.25) is 4.79 Å². The molecule has 0 radical (unpaired) electrons. The van der Waals surface area contributed by atoms with E-state index in [1.807, 2.05) is 0 Å². The molecule has 0 bridgehead atoms. The molecule has 102 valence electrons. The molecule has 2 aromatic rings. The number of amides is 1. The summed E-state index contributed by atoms with van der Waals surface area (Å²) in [6.45, 7) is 1.78. The van der Waals surface area contributed by atoms with Crippen molar-refractivity contribution in [1.82, 2.24) is 4.98 Å². The van der Waals surface area contributed by atoms with Gasteiger partial charge < -0.3 is 10.4 Å². The molecule has 0 saturated carbocycles. The predicted molar refractivity (Wildman–Crippen MR) is 75.3 cm³/mol. The standard InChI is InChI=1S/C14H11ClN2O3/c1-8-6-10(15)3-4-11(8)13(18)17-12-5-2-9(7-16-12)14(19)20/h2-7H,1H3,(H,19,20)(H,16,17,18). The number of benzene rings is 1. The van der Waals surface area contributed by atoms with Gasteiger partial charge in [0.2, 0.25) is 0 Å². The maximum Gasteiger partial charge on any atom is 0.337 e. The lowest BCUT2D eigenvalue weighted by Crippen LogP contribution is -2.14. The van der Waals surface area contributed by atoms with Crippen LogP contribution in [0.5, 0.6) is 0 Å². The topological polar surface area (TPSA) is 79.3 Å². The highest BCUT2D eigenvalue weighted by Gasteiger charge is 2.10. The number of anilines is 1. The van der Waals surface area contributed by atoms with Crippen LogP contribution in [0.3, 0.4) is 0 Å². The second kappa shape index (κ2) is 5.71. The summed E-state index contributed by atoms with van der Waals surface area (Å²) in [5, 5.41) is 11.9. The molecule has 1 amide bonds. The zero-order chi connectivity index (χ0) is 14.7. The Morgan fingerprint density at radius 1 is 1.25 bits per heavy atom. The second-order valence-corrected chi connectivity index (χ2v) is 4.59. The van der Waals surface area contributed by atoms with E-state index in [4.69, 9.17) is 16.7 Å². The average Bonchev–Trinajstić information content (AvgIpc) is 2.39. The van der Waals surface area contributed by atoms with Gasteiger partial charge in [0.25, 0.3) is 5.91 Å². The van der Waals surface area contributed by atoms with E-state index in [1.54, 1.807) is 25.1 Å². The van der Waals surface area contributed by atoms with Crippen molar-refractivity contribution in [3.8, 4) is 0 Å². The second-order valence-electron chi connectivity index (χ2n) is 4.15. The van der Waals surface area contributed by atoms with E-state index in [9.17, 15) is 9.59 Å². The SMILES string of the molecule is Cc1cc(Cl)ccc1C(=O)Nc1ccc(C(=O)O)cn1. The van der Waals surface area contributed by atoms with Gasteiger partial charge in [0.05, 0.1) is 5.56 Å². The Bertz CT molecular complexity index is 669. The fraction of sp³-hybridized carbons (Fsp3) is 0.0714. The summed E-state index contributed by atoms with van der Waals surface area (Å²) in [5.41, 5.74) is 1.29. The normalized spacial score (nSPS) is 10.1. The van der Waals surface area contributed by atoms with Crippen molar-refractivity contribution in [3.05, 3.63) is 58.2 Å². The fourth-order valence-corrected chi connectivity index (χ4v) is 1.89. The van der Waals surface area contributed by atoms with Gasteiger partial charge in [-0.05, 0) is 42.8 Å². The first-order valence-corrected chi connectivity index (χ1v) is 6.12. The van der Waals surface area contributed by atoms with E-state index in [1.165, 1.54) is 18.3 Å². The molecule has 0 saturated heterocycles. The van der Waals surface area contributed by atoms with E-state index in [-0.39, 0.29) is 17.3 Å². The van der Waals surface area contributed by atoms with Gasteiger partial charge >= 0.3 is 5.97 Å². The molecule has 0 spiro atoms. The number of hydrogen-bond donors (Lipinski definition) is 2. The summed E-state index contributed by atoms with van der Waals surface area (Å²) in [6, 6.07) is 7.76. The van der Waals surface area contributed by atoms with Gasteiger partial charge in [-0.25, -0.2) is 9.78 Å². The largest absolute Gasteiger partial charge is 0.478 e. The monoisotopic (exact) mass is 290 g/mol. The number of pyridine rings is 1. The molecular weight excluding hydrogens is 280 g/mol. The minimum absolute atomic E-state index is 0.0608. The predicted octanol–water partition coefficient (Wildman–Crippen LogP) is 2.99. The van der Waals surface area contributed by atoms with Gasteiger partial charge in [-0.1, -0.05) is 11.6 Å². The third-order valence-electron chi connectivity index (χ3n) is 2.69. The van der Waals surface area contributed by atoms with Gasteiger partial charge in [-0.15, -0.1) is 0 Å². The van der Waals surface area contributed by atoms with Crippen molar-refractivity contribution < 1.29 is 14.7 Å². The summed E-state index contributed by atoms with van der Waals surface area (Å²) >= 11 is 5.83. The zero-order valence-corrected chi connectivity index (χ0v) is 11.3.